The first-order chi connectivity index (χ1) is 11.1. The van der Waals surface area contributed by atoms with Crippen LogP contribution in [-0.2, 0) is 4.79 Å². The van der Waals surface area contributed by atoms with Gasteiger partial charge in [0.15, 0.2) is 0 Å². The Morgan fingerprint density at radius 1 is 0.913 bits per heavy atom. The number of rotatable bonds is 17. The van der Waals surface area contributed by atoms with E-state index >= 15 is 0 Å². The third-order valence-corrected chi connectivity index (χ3v) is 4.22. The van der Waals surface area contributed by atoms with Gasteiger partial charge in [0.05, 0.1) is 0 Å². The lowest BCUT2D eigenvalue weighted by Crippen LogP contribution is -2.43. The lowest BCUT2D eigenvalue weighted by atomic mass is 10.1. The first-order valence-electron chi connectivity index (χ1n) is 9.48. The Balaban J connectivity index is 3.59. The van der Waals surface area contributed by atoms with Crippen molar-refractivity contribution < 1.29 is 15.0 Å². The Kier molecular flexibility index (Phi) is 15.8. The summed E-state index contributed by atoms with van der Waals surface area (Å²) in [6.45, 7) is 2.81. The Hall–Kier alpha value is -0.650. The number of aliphatic hydroxyl groups excluding tert-OH is 1. The van der Waals surface area contributed by atoms with E-state index < -0.39 is 18.2 Å². The van der Waals surface area contributed by atoms with Crippen LogP contribution in [-0.4, -0.2) is 35.0 Å². The van der Waals surface area contributed by atoms with Crippen molar-refractivity contribution in [2.24, 2.45) is 5.73 Å². The Morgan fingerprint density at radius 3 is 1.96 bits per heavy atom. The van der Waals surface area contributed by atoms with Crippen molar-refractivity contribution in [3.63, 3.8) is 0 Å². The molecule has 0 fully saturated rings. The van der Waals surface area contributed by atoms with E-state index in [1.54, 1.807) is 0 Å². The predicted octanol–water partition coefficient (Wildman–Crippen LogP) is 3.40. The molecule has 0 aliphatic heterocycles. The zero-order valence-corrected chi connectivity index (χ0v) is 14.9. The fourth-order valence-electron chi connectivity index (χ4n) is 2.73. The minimum atomic E-state index is -0.895. The van der Waals surface area contributed by atoms with Crippen LogP contribution in [0.15, 0.2) is 0 Å². The third-order valence-electron chi connectivity index (χ3n) is 4.22. The van der Waals surface area contributed by atoms with E-state index in [0.717, 1.165) is 25.7 Å². The average Bonchev–Trinajstić information content (AvgIpc) is 2.52. The number of nitrogens with two attached hydrogens (primary N) is 1. The highest BCUT2D eigenvalue weighted by atomic mass is 16.4. The highest BCUT2D eigenvalue weighted by Crippen LogP contribution is 2.11. The number of carboxylic acids is 1. The smallest absolute Gasteiger partial charge is 0.320 e. The maximum Gasteiger partial charge on any atom is 0.320 e. The summed E-state index contributed by atoms with van der Waals surface area (Å²) < 4.78 is 0. The van der Waals surface area contributed by atoms with Gasteiger partial charge in [0.2, 0.25) is 0 Å². The second kappa shape index (κ2) is 16.2. The van der Waals surface area contributed by atoms with Gasteiger partial charge in [-0.25, -0.2) is 0 Å². The molecule has 2 atom stereocenters. The molecule has 0 bridgehead atoms. The summed E-state index contributed by atoms with van der Waals surface area (Å²) >= 11 is 0. The lowest BCUT2D eigenvalue weighted by Gasteiger charge is -2.19. The molecule has 0 heterocycles. The Morgan fingerprint density at radius 2 is 1.43 bits per heavy atom. The van der Waals surface area contributed by atoms with E-state index in [1.165, 1.54) is 44.9 Å². The van der Waals surface area contributed by atoms with Crippen LogP contribution in [0, 0.1) is 0 Å². The molecule has 0 amide bonds. The van der Waals surface area contributed by atoms with Crippen LogP contribution < -0.4 is 11.1 Å². The van der Waals surface area contributed by atoms with Crippen LogP contribution in [0.4, 0.5) is 0 Å². The van der Waals surface area contributed by atoms with Gasteiger partial charge in [-0.05, 0) is 32.2 Å². The number of carbonyl (C=O) groups is 1. The SMILES string of the molecule is CCCCCCCCCCCC(O)N[C@@H](CCCCN)C(=O)O. The summed E-state index contributed by atoms with van der Waals surface area (Å²) in [7, 11) is 0. The molecule has 0 aromatic heterocycles. The number of aliphatic carboxylic acids is 1. The molecule has 5 nitrogen and oxygen atoms in total. The summed E-state index contributed by atoms with van der Waals surface area (Å²) in [4.78, 5) is 11.1. The molecule has 5 heteroatoms. The van der Waals surface area contributed by atoms with Crippen LogP contribution in [0.25, 0.3) is 0 Å². The minimum absolute atomic E-state index is 0.515. The first-order valence-corrected chi connectivity index (χ1v) is 9.48. The normalized spacial score (nSPS) is 13.9. The average molecular weight is 331 g/mol. The maximum absolute atomic E-state index is 11.1. The van der Waals surface area contributed by atoms with Gasteiger partial charge >= 0.3 is 5.97 Å². The molecule has 0 aromatic rings. The quantitative estimate of drug-likeness (QED) is 0.242. The highest BCUT2D eigenvalue weighted by molar-refractivity contribution is 5.73. The second-order valence-electron chi connectivity index (χ2n) is 6.47. The number of nitrogens with one attached hydrogen (secondary N) is 1. The zero-order valence-electron chi connectivity index (χ0n) is 14.9. The van der Waals surface area contributed by atoms with E-state index in [4.69, 9.17) is 10.8 Å². The Labute approximate surface area is 142 Å². The van der Waals surface area contributed by atoms with Crippen molar-refractivity contribution in [1.82, 2.24) is 5.32 Å². The van der Waals surface area contributed by atoms with Crippen molar-refractivity contribution in [2.75, 3.05) is 6.54 Å². The molecule has 0 aliphatic rings. The monoisotopic (exact) mass is 330 g/mol. The van der Waals surface area contributed by atoms with Crippen LogP contribution in [0.1, 0.15) is 90.4 Å². The molecule has 0 spiro atoms. The van der Waals surface area contributed by atoms with Crippen molar-refractivity contribution in [1.29, 1.82) is 0 Å². The number of hydrogen-bond acceptors (Lipinski definition) is 4. The van der Waals surface area contributed by atoms with Gasteiger partial charge in [-0.3, -0.25) is 10.1 Å². The standard InChI is InChI=1S/C18H38N2O3/c1-2-3-4-5-6-7-8-9-10-14-17(21)20-16(18(22)23)13-11-12-15-19/h16-17,20-21H,2-15,19H2,1H3,(H,22,23)/t16-,17?/m0/s1. The summed E-state index contributed by atoms with van der Waals surface area (Å²) in [5, 5.41) is 21.9. The Bertz CT molecular complexity index is 275. The van der Waals surface area contributed by atoms with Gasteiger partial charge < -0.3 is 15.9 Å². The zero-order chi connectivity index (χ0) is 17.3. The molecule has 0 saturated carbocycles. The fraction of sp³-hybridized carbons (Fsp3) is 0.944. The highest BCUT2D eigenvalue weighted by Gasteiger charge is 2.19. The third kappa shape index (κ3) is 14.7. The summed E-state index contributed by atoms with van der Waals surface area (Å²) in [5.74, 6) is -0.895. The number of carboxylic acid groups (broad SMARTS) is 1. The second-order valence-corrected chi connectivity index (χ2v) is 6.47. The summed E-state index contributed by atoms with van der Waals surface area (Å²) in [5.41, 5.74) is 5.41. The van der Waals surface area contributed by atoms with Gasteiger partial charge in [0, 0.05) is 0 Å². The molecule has 23 heavy (non-hydrogen) atoms. The van der Waals surface area contributed by atoms with Gasteiger partial charge in [-0.2, -0.15) is 0 Å². The first kappa shape index (κ1) is 22.4. The number of unbranched alkanes of at least 4 members (excludes halogenated alkanes) is 9. The maximum atomic E-state index is 11.1. The lowest BCUT2D eigenvalue weighted by molar-refractivity contribution is -0.140. The van der Waals surface area contributed by atoms with E-state index in [2.05, 4.69) is 12.2 Å². The topological polar surface area (TPSA) is 95.6 Å². The van der Waals surface area contributed by atoms with Crippen LogP contribution in [0.5, 0.6) is 0 Å². The van der Waals surface area contributed by atoms with Gasteiger partial charge in [0.25, 0.3) is 0 Å². The van der Waals surface area contributed by atoms with E-state index in [1.807, 2.05) is 0 Å². The summed E-state index contributed by atoms with van der Waals surface area (Å²) in [6.07, 6.45) is 13.1. The van der Waals surface area contributed by atoms with Crippen molar-refractivity contribution in [2.45, 2.75) is 103 Å². The van der Waals surface area contributed by atoms with Crippen molar-refractivity contribution in [3.05, 3.63) is 0 Å². The van der Waals surface area contributed by atoms with Gasteiger partial charge in [-0.15, -0.1) is 0 Å². The van der Waals surface area contributed by atoms with E-state index in [-0.39, 0.29) is 0 Å². The number of aliphatic hydroxyl groups is 1. The number of hydrogen-bond donors (Lipinski definition) is 4. The molecule has 1 unspecified atom stereocenters. The van der Waals surface area contributed by atoms with Gasteiger partial charge in [0.1, 0.15) is 12.3 Å². The molecule has 5 N–H and O–H groups in total. The molecule has 0 radical (unpaired) electrons. The predicted molar refractivity (Wildman–Crippen MR) is 95.3 cm³/mol. The van der Waals surface area contributed by atoms with E-state index in [0.29, 0.717) is 19.4 Å². The molecule has 0 aromatic carbocycles. The fourth-order valence-corrected chi connectivity index (χ4v) is 2.73. The minimum Gasteiger partial charge on any atom is -0.480 e. The van der Waals surface area contributed by atoms with E-state index in [9.17, 15) is 9.90 Å². The molecule has 0 rings (SSSR count). The van der Waals surface area contributed by atoms with Crippen molar-refractivity contribution >= 4 is 5.97 Å². The molecule has 0 aliphatic carbocycles. The van der Waals surface area contributed by atoms with Crippen molar-refractivity contribution in [3.8, 4) is 0 Å². The largest absolute Gasteiger partial charge is 0.480 e. The molecule has 138 valence electrons. The molecular weight excluding hydrogens is 292 g/mol. The van der Waals surface area contributed by atoms with Crippen LogP contribution in [0.2, 0.25) is 0 Å². The van der Waals surface area contributed by atoms with Crippen LogP contribution in [0.3, 0.4) is 0 Å². The summed E-state index contributed by atoms with van der Waals surface area (Å²) in [6, 6.07) is -0.671. The van der Waals surface area contributed by atoms with Crippen LogP contribution >= 0.6 is 0 Å². The van der Waals surface area contributed by atoms with Gasteiger partial charge in [-0.1, -0.05) is 64.7 Å². The molecule has 0 saturated heterocycles. The molecular formula is C18H38N2O3.